The Bertz CT molecular complexity index is 850. The van der Waals surface area contributed by atoms with Gasteiger partial charge in [0.15, 0.2) is 0 Å². The summed E-state index contributed by atoms with van der Waals surface area (Å²) in [5.41, 5.74) is 2.00. The Hall–Kier alpha value is -3.06. The smallest absolute Gasteiger partial charge is 0.253 e. The zero-order valence-electron chi connectivity index (χ0n) is 17.4. The van der Waals surface area contributed by atoms with Crippen LogP contribution in [0.2, 0.25) is 0 Å². The number of ether oxygens (including phenoxy) is 2. The maximum atomic E-state index is 12.5. The minimum atomic E-state index is -0.191. The Labute approximate surface area is 177 Å². The Balaban J connectivity index is 1.49. The number of amides is 2. The topological polar surface area (TPSA) is 79.9 Å². The number of anilines is 2. The normalized spacial score (nSPS) is 13.2. The van der Waals surface area contributed by atoms with Crippen molar-refractivity contribution in [1.82, 2.24) is 4.90 Å². The Morgan fingerprint density at radius 1 is 1.00 bits per heavy atom. The molecule has 160 valence electrons. The summed E-state index contributed by atoms with van der Waals surface area (Å²) < 4.78 is 10.9. The third kappa shape index (κ3) is 6.49. The molecule has 2 aromatic carbocycles. The molecule has 0 bridgehead atoms. The first-order valence-corrected chi connectivity index (χ1v) is 10.4. The molecule has 0 spiro atoms. The number of hydrogen-bond acceptors (Lipinski definition) is 5. The number of benzene rings is 2. The van der Waals surface area contributed by atoms with Crippen molar-refractivity contribution in [3.8, 4) is 5.75 Å². The van der Waals surface area contributed by atoms with E-state index in [9.17, 15) is 9.59 Å². The van der Waals surface area contributed by atoms with Crippen LogP contribution in [0.5, 0.6) is 5.75 Å². The monoisotopic (exact) mass is 411 g/mol. The summed E-state index contributed by atoms with van der Waals surface area (Å²) in [6, 6.07) is 14.5. The highest BCUT2D eigenvalue weighted by Gasteiger charge is 2.19. The van der Waals surface area contributed by atoms with E-state index in [0.717, 1.165) is 31.6 Å². The highest BCUT2D eigenvalue weighted by atomic mass is 16.5. The van der Waals surface area contributed by atoms with Crippen LogP contribution in [0.4, 0.5) is 11.4 Å². The Kier molecular flexibility index (Phi) is 8.09. The summed E-state index contributed by atoms with van der Waals surface area (Å²) in [7, 11) is 0. The van der Waals surface area contributed by atoms with Crippen LogP contribution in [0.3, 0.4) is 0 Å². The van der Waals surface area contributed by atoms with Crippen LogP contribution in [-0.4, -0.2) is 56.2 Å². The highest BCUT2D eigenvalue weighted by molar-refractivity contribution is 5.98. The molecule has 1 heterocycles. The molecular formula is C23H29N3O4. The standard InChI is InChI=1S/C23H29N3O4/c1-2-29-13-14-30-21-10-6-8-19(16-21)24-17-22(27)25-20-9-5-7-18(15-20)23(28)26-11-3-4-12-26/h5-10,15-16,24H,2-4,11-14,17H2,1H3,(H,25,27). The molecule has 1 saturated heterocycles. The number of nitrogens with one attached hydrogen (secondary N) is 2. The molecule has 0 atom stereocenters. The second-order valence-electron chi connectivity index (χ2n) is 7.06. The lowest BCUT2D eigenvalue weighted by Crippen LogP contribution is -2.27. The number of nitrogens with zero attached hydrogens (tertiary/aromatic N) is 1. The van der Waals surface area contributed by atoms with Gasteiger partial charge in [-0.25, -0.2) is 0 Å². The van der Waals surface area contributed by atoms with E-state index in [-0.39, 0.29) is 18.4 Å². The van der Waals surface area contributed by atoms with Gasteiger partial charge in [0.05, 0.1) is 13.2 Å². The SMILES string of the molecule is CCOCCOc1cccc(NCC(=O)Nc2cccc(C(=O)N3CCCC3)c2)c1. The first-order chi connectivity index (χ1) is 14.7. The molecule has 2 N–H and O–H groups in total. The van der Waals surface area contributed by atoms with E-state index in [2.05, 4.69) is 10.6 Å². The van der Waals surface area contributed by atoms with Crippen LogP contribution in [-0.2, 0) is 9.53 Å². The first kappa shape index (κ1) is 21.6. The summed E-state index contributed by atoms with van der Waals surface area (Å²) in [5, 5.41) is 5.93. The lowest BCUT2D eigenvalue weighted by molar-refractivity contribution is -0.114. The molecular weight excluding hydrogens is 382 g/mol. The van der Waals surface area contributed by atoms with Crippen LogP contribution >= 0.6 is 0 Å². The quantitative estimate of drug-likeness (QED) is 0.586. The summed E-state index contributed by atoms with van der Waals surface area (Å²) >= 11 is 0. The molecule has 1 aliphatic heterocycles. The second-order valence-corrected chi connectivity index (χ2v) is 7.06. The van der Waals surface area contributed by atoms with E-state index in [1.165, 1.54) is 0 Å². The van der Waals surface area contributed by atoms with Gasteiger partial charge in [0.1, 0.15) is 12.4 Å². The van der Waals surface area contributed by atoms with Gasteiger partial charge in [-0.15, -0.1) is 0 Å². The van der Waals surface area contributed by atoms with Crippen molar-refractivity contribution in [3.63, 3.8) is 0 Å². The maximum Gasteiger partial charge on any atom is 0.253 e. The molecule has 7 heteroatoms. The number of hydrogen-bond donors (Lipinski definition) is 2. The van der Waals surface area contributed by atoms with E-state index in [0.29, 0.717) is 36.8 Å². The predicted molar refractivity (Wildman–Crippen MR) is 117 cm³/mol. The lowest BCUT2D eigenvalue weighted by atomic mass is 10.1. The Morgan fingerprint density at radius 2 is 1.77 bits per heavy atom. The van der Waals surface area contributed by atoms with E-state index < -0.39 is 0 Å². The Morgan fingerprint density at radius 3 is 2.57 bits per heavy atom. The molecule has 3 rings (SSSR count). The van der Waals surface area contributed by atoms with E-state index >= 15 is 0 Å². The van der Waals surface area contributed by atoms with Crippen LogP contribution in [0.1, 0.15) is 30.1 Å². The van der Waals surface area contributed by atoms with Crippen LogP contribution in [0.15, 0.2) is 48.5 Å². The zero-order chi connectivity index (χ0) is 21.2. The largest absolute Gasteiger partial charge is 0.491 e. The summed E-state index contributed by atoms with van der Waals surface area (Å²) in [4.78, 5) is 26.7. The van der Waals surface area contributed by atoms with Gasteiger partial charge < -0.3 is 25.0 Å². The fraction of sp³-hybridized carbons (Fsp3) is 0.391. The maximum absolute atomic E-state index is 12.5. The second kappa shape index (κ2) is 11.2. The number of likely N-dealkylation sites (tertiary alicyclic amines) is 1. The number of rotatable bonds is 10. The van der Waals surface area contributed by atoms with Crippen molar-refractivity contribution in [2.24, 2.45) is 0 Å². The van der Waals surface area contributed by atoms with Gasteiger partial charge in [-0.3, -0.25) is 9.59 Å². The molecule has 7 nitrogen and oxygen atoms in total. The summed E-state index contributed by atoms with van der Waals surface area (Å²) in [6.07, 6.45) is 2.10. The van der Waals surface area contributed by atoms with Crippen LogP contribution in [0.25, 0.3) is 0 Å². The fourth-order valence-electron chi connectivity index (χ4n) is 3.28. The van der Waals surface area contributed by atoms with Gasteiger partial charge in [0.25, 0.3) is 5.91 Å². The molecule has 0 aromatic heterocycles. The zero-order valence-corrected chi connectivity index (χ0v) is 17.4. The van der Waals surface area contributed by atoms with Gasteiger partial charge in [-0.2, -0.15) is 0 Å². The van der Waals surface area contributed by atoms with E-state index in [1.54, 1.807) is 24.3 Å². The van der Waals surface area contributed by atoms with E-state index in [4.69, 9.17) is 9.47 Å². The van der Waals surface area contributed by atoms with Crippen molar-refractivity contribution >= 4 is 23.2 Å². The van der Waals surface area contributed by atoms with Crippen LogP contribution in [0, 0.1) is 0 Å². The third-order valence-corrected chi connectivity index (χ3v) is 4.77. The molecule has 1 aliphatic rings. The lowest BCUT2D eigenvalue weighted by Gasteiger charge is -2.16. The fourth-order valence-corrected chi connectivity index (χ4v) is 3.28. The molecule has 0 saturated carbocycles. The van der Waals surface area contributed by atoms with Crippen molar-refractivity contribution in [2.45, 2.75) is 19.8 Å². The minimum absolute atomic E-state index is 0.0166. The van der Waals surface area contributed by atoms with Crippen molar-refractivity contribution in [3.05, 3.63) is 54.1 Å². The molecule has 0 unspecified atom stereocenters. The van der Waals surface area contributed by atoms with Gasteiger partial charge >= 0.3 is 0 Å². The average Bonchev–Trinajstić information content (AvgIpc) is 3.30. The van der Waals surface area contributed by atoms with Gasteiger partial charge in [-0.05, 0) is 50.1 Å². The predicted octanol–water partition coefficient (Wildman–Crippen LogP) is 3.39. The molecule has 0 radical (unpaired) electrons. The van der Waals surface area contributed by atoms with Gasteiger partial charge in [-0.1, -0.05) is 12.1 Å². The molecule has 0 aliphatic carbocycles. The third-order valence-electron chi connectivity index (χ3n) is 4.77. The highest BCUT2D eigenvalue weighted by Crippen LogP contribution is 2.18. The van der Waals surface area contributed by atoms with Gasteiger partial charge in [0, 0.05) is 42.7 Å². The summed E-state index contributed by atoms with van der Waals surface area (Å²) in [5.74, 6) is 0.541. The van der Waals surface area contributed by atoms with Crippen LogP contribution < -0.4 is 15.4 Å². The van der Waals surface area contributed by atoms with Crippen molar-refractivity contribution < 1.29 is 19.1 Å². The minimum Gasteiger partial charge on any atom is -0.491 e. The summed E-state index contributed by atoms with van der Waals surface area (Å²) in [6.45, 7) is 5.32. The van der Waals surface area contributed by atoms with Crippen molar-refractivity contribution in [1.29, 1.82) is 0 Å². The number of carbonyl (C=O) groups excluding carboxylic acids is 2. The molecule has 2 aromatic rings. The molecule has 30 heavy (non-hydrogen) atoms. The molecule has 2 amide bonds. The van der Waals surface area contributed by atoms with Gasteiger partial charge in [0.2, 0.25) is 5.91 Å². The average molecular weight is 412 g/mol. The van der Waals surface area contributed by atoms with Crippen molar-refractivity contribution in [2.75, 3.05) is 50.1 Å². The molecule has 1 fully saturated rings. The van der Waals surface area contributed by atoms with E-state index in [1.807, 2.05) is 36.1 Å². The first-order valence-electron chi connectivity index (χ1n) is 10.4. The number of carbonyl (C=O) groups is 2.